The van der Waals surface area contributed by atoms with Gasteiger partial charge in [0.15, 0.2) is 0 Å². The summed E-state index contributed by atoms with van der Waals surface area (Å²) >= 11 is 0. The average molecular weight is 568 g/mol. The Labute approximate surface area is 235 Å². The third kappa shape index (κ3) is 9.51. The summed E-state index contributed by atoms with van der Waals surface area (Å²) in [7, 11) is -3.73. The number of amides is 1. The van der Waals surface area contributed by atoms with E-state index in [0.29, 0.717) is 28.1 Å². The van der Waals surface area contributed by atoms with Crippen molar-refractivity contribution in [2.24, 2.45) is 5.73 Å². The Morgan fingerprint density at radius 1 is 0.875 bits per heavy atom. The lowest BCUT2D eigenvalue weighted by atomic mass is 10.0. The first-order valence-electron chi connectivity index (χ1n) is 12.4. The number of hydrogen-bond donors (Lipinski definition) is 6. The maximum Gasteiger partial charge on any atom is 0.300 e. The summed E-state index contributed by atoms with van der Waals surface area (Å²) in [6, 6.07) is 20.8. The first-order chi connectivity index (χ1) is 18.4. The zero-order chi connectivity index (χ0) is 30.3. The number of nitrogens with two attached hydrogens (primary N) is 1. The van der Waals surface area contributed by atoms with Gasteiger partial charge in [0, 0.05) is 35.0 Å². The average Bonchev–Trinajstić information content (AvgIpc) is 2.82. The topological polar surface area (TPSA) is 174 Å². The Kier molecular flexibility index (Phi) is 10.2. The van der Waals surface area contributed by atoms with E-state index in [0.717, 1.165) is 6.92 Å². The molecule has 0 aliphatic rings. The van der Waals surface area contributed by atoms with E-state index in [1.807, 2.05) is 0 Å². The summed E-state index contributed by atoms with van der Waals surface area (Å²) in [4.78, 5) is 22.2. The summed E-state index contributed by atoms with van der Waals surface area (Å²) in [6.07, 6.45) is 0. The predicted molar refractivity (Wildman–Crippen MR) is 159 cm³/mol. The molecule has 3 aromatic rings. The summed E-state index contributed by atoms with van der Waals surface area (Å²) in [6.45, 7) is 9.96. The van der Waals surface area contributed by atoms with Gasteiger partial charge in [-0.3, -0.25) is 15.0 Å². The van der Waals surface area contributed by atoms with Gasteiger partial charge in [-0.1, -0.05) is 42.5 Å². The van der Waals surface area contributed by atoms with Crippen molar-refractivity contribution >= 4 is 39.1 Å². The number of carbonyl (C=O) groups excluding carboxylic acids is 1. The minimum absolute atomic E-state index is 0.0513. The Hall–Kier alpha value is -4.22. The molecule has 0 bridgehead atoms. The van der Waals surface area contributed by atoms with Gasteiger partial charge in [-0.15, -0.1) is 0 Å². The Morgan fingerprint density at radius 3 is 2.00 bits per heavy atom. The molecule has 0 aromatic heterocycles. The molecule has 7 N–H and O–H groups in total. The van der Waals surface area contributed by atoms with Crippen LogP contribution < -0.4 is 21.1 Å². The summed E-state index contributed by atoms with van der Waals surface area (Å²) in [5, 5.41) is 21.1. The van der Waals surface area contributed by atoms with Gasteiger partial charge >= 0.3 is 0 Å². The molecule has 0 spiro atoms. The molecule has 1 amide bonds. The second-order valence-electron chi connectivity index (χ2n) is 10.6. The van der Waals surface area contributed by atoms with E-state index in [1.165, 1.54) is 0 Å². The molecular formula is C29H37N5O5S. The van der Waals surface area contributed by atoms with E-state index in [2.05, 4.69) is 15.4 Å². The van der Waals surface area contributed by atoms with E-state index in [4.69, 9.17) is 21.0 Å². The monoisotopic (exact) mass is 567 g/mol. The Balaban J connectivity index is 0.00000131. The number of nitrogen functional groups attached to an aromatic ring is 1. The molecular weight excluding hydrogens is 530 g/mol. The van der Waals surface area contributed by atoms with Gasteiger partial charge in [0.2, 0.25) is 15.9 Å². The first kappa shape index (κ1) is 32.0. The molecule has 0 fully saturated rings. The number of hydrogen-bond acceptors (Lipinski definition) is 6. The van der Waals surface area contributed by atoms with Crippen molar-refractivity contribution in [1.29, 1.82) is 5.41 Å². The third-order valence-corrected chi connectivity index (χ3v) is 7.09. The number of carboxylic acids is 1. The number of amidine groups is 1. The van der Waals surface area contributed by atoms with Gasteiger partial charge in [-0.2, -0.15) is 0 Å². The quantitative estimate of drug-likeness (QED) is 0.170. The highest BCUT2D eigenvalue weighted by atomic mass is 32.2. The van der Waals surface area contributed by atoms with E-state index >= 15 is 0 Å². The lowest BCUT2D eigenvalue weighted by Gasteiger charge is -2.26. The molecule has 0 atom stereocenters. The third-order valence-electron chi connectivity index (χ3n) is 5.27. The number of aliphatic carboxylic acids is 1. The fourth-order valence-corrected chi connectivity index (χ4v) is 5.25. The minimum Gasteiger partial charge on any atom is -0.481 e. The number of anilines is 2. The second-order valence-corrected chi connectivity index (χ2v) is 12.3. The maximum absolute atomic E-state index is 13.0. The van der Waals surface area contributed by atoms with Crippen molar-refractivity contribution < 1.29 is 23.1 Å². The van der Waals surface area contributed by atoms with Crippen molar-refractivity contribution in [2.75, 3.05) is 10.6 Å². The molecule has 3 rings (SSSR count). The van der Waals surface area contributed by atoms with E-state index in [9.17, 15) is 13.2 Å². The summed E-state index contributed by atoms with van der Waals surface area (Å²) in [5.74, 6) is -1.15. The van der Waals surface area contributed by atoms with Gasteiger partial charge in [0.1, 0.15) is 11.4 Å². The van der Waals surface area contributed by atoms with Crippen LogP contribution in [0.1, 0.15) is 47.1 Å². The van der Waals surface area contributed by atoms with Crippen LogP contribution in [-0.4, -0.2) is 42.3 Å². The van der Waals surface area contributed by atoms with E-state index in [1.54, 1.807) is 107 Å². The lowest BCUT2D eigenvalue weighted by molar-refractivity contribution is -0.134. The highest BCUT2D eigenvalue weighted by Gasteiger charge is 2.28. The second kappa shape index (κ2) is 12.8. The molecule has 10 nitrogen and oxygen atoms in total. The van der Waals surface area contributed by atoms with Gasteiger partial charge in [0.05, 0.1) is 4.90 Å². The van der Waals surface area contributed by atoms with Gasteiger partial charge in [-0.05, 0) is 70.5 Å². The molecule has 0 saturated carbocycles. The van der Waals surface area contributed by atoms with Crippen molar-refractivity contribution in [3.63, 3.8) is 0 Å². The zero-order valence-corrected chi connectivity index (χ0v) is 24.3. The van der Waals surface area contributed by atoms with Crippen molar-refractivity contribution in [3.05, 3.63) is 78.4 Å². The van der Waals surface area contributed by atoms with Crippen LogP contribution in [0.4, 0.5) is 11.4 Å². The van der Waals surface area contributed by atoms with E-state index < -0.39 is 27.1 Å². The molecule has 0 aliphatic carbocycles. The van der Waals surface area contributed by atoms with Gasteiger partial charge in [-0.25, -0.2) is 13.1 Å². The van der Waals surface area contributed by atoms with Crippen LogP contribution in [0.2, 0.25) is 0 Å². The number of nitrogens with one attached hydrogen (secondary N) is 4. The van der Waals surface area contributed by atoms with Crippen LogP contribution in [0.25, 0.3) is 11.1 Å². The summed E-state index contributed by atoms with van der Waals surface area (Å²) < 4.78 is 28.7. The van der Waals surface area contributed by atoms with Crippen molar-refractivity contribution in [1.82, 2.24) is 4.72 Å². The van der Waals surface area contributed by atoms with Crippen molar-refractivity contribution in [2.45, 2.75) is 57.5 Å². The molecule has 214 valence electrons. The molecule has 3 aromatic carbocycles. The zero-order valence-electron chi connectivity index (χ0n) is 23.5. The minimum atomic E-state index is -3.73. The highest BCUT2D eigenvalue weighted by molar-refractivity contribution is 7.89. The number of rotatable bonds is 8. The van der Waals surface area contributed by atoms with Gasteiger partial charge in [0.25, 0.3) is 5.97 Å². The number of sulfonamides is 1. The van der Waals surface area contributed by atoms with Crippen LogP contribution in [-0.2, 0) is 19.6 Å². The number of carboxylic acid groups (broad SMARTS) is 1. The molecule has 11 heteroatoms. The smallest absolute Gasteiger partial charge is 0.300 e. The van der Waals surface area contributed by atoms with E-state index in [-0.39, 0.29) is 16.6 Å². The van der Waals surface area contributed by atoms with Crippen LogP contribution in [0.3, 0.4) is 0 Å². The normalized spacial score (nSPS) is 11.6. The number of benzene rings is 3. The number of carbonyl (C=O) groups is 2. The SMILES string of the molecule is CC(=O)O.CC(C)(C)NS(=O)(=O)c1ccccc1-c1ccc(NC(=O)C(C)(C)Nc2cccc(C(=N)N)c2)cc1. The molecule has 0 heterocycles. The Morgan fingerprint density at radius 2 is 1.45 bits per heavy atom. The molecule has 0 unspecified atom stereocenters. The first-order valence-corrected chi connectivity index (χ1v) is 13.9. The predicted octanol–water partition coefficient (Wildman–Crippen LogP) is 4.63. The lowest BCUT2D eigenvalue weighted by Crippen LogP contribution is -2.44. The van der Waals surface area contributed by atoms with Crippen LogP contribution in [0, 0.1) is 5.41 Å². The Bertz CT molecular complexity index is 1470. The fraction of sp³-hybridized carbons (Fsp3) is 0.276. The van der Waals surface area contributed by atoms with Crippen LogP contribution in [0.15, 0.2) is 77.7 Å². The largest absolute Gasteiger partial charge is 0.481 e. The molecule has 0 aliphatic heterocycles. The van der Waals surface area contributed by atoms with Crippen molar-refractivity contribution in [3.8, 4) is 11.1 Å². The van der Waals surface area contributed by atoms with Crippen LogP contribution >= 0.6 is 0 Å². The van der Waals surface area contributed by atoms with Gasteiger partial charge < -0.3 is 21.5 Å². The van der Waals surface area contributed by atoms with Crippen LogP contribution in [0.5, 0.6) is 0 Å². The fourth-order valence-electron chi connectivity index (χ4n) is 3.60. The summed E-state index contributed by atoms with van der Waals surface area (Å²) in [5.41, 5.74) is 7.06. The maximum atomic E-state index is 13.0. The standard InChI is InChI=1S/C27H33N5O3S.C2H4O2/c1-26(2,3)32-36(34,35)23-12-7-6-11-22(23)18-13-15-20(16-14-18)30-25(33)27(4,5)31-21-10-8-9-19(17-21)24(28)29;1-2(3)4/h6-17,31-32H,1-5H3,(H3,28,29)(H,30,33);1H3,(H,3,4). The molecule has 0 saturated heterocycles. The molecule has 40 heavy (non-hydrogen) atoms. The highest BCUT2D eigenvalue weighted by Crippen LogP contribution is 2.29. The molecule has 0 radical (unpaired) electrons.